The molecule has 7 heteroatoms. The lowest BCUT2D eigenvalue weighted by Gasteiger charge is -2.15. The summed E-state index contributed by atoms with van der Waals surface area (Å²) in [5.74, 6) is -1.92. The number of amides is 1. The Morgan fingerprint density at radius 1 is 0.821 bits per heavy atom. The van der Waals surface area contributed by atoms with Crippen LogP contribution in [0, 0.1) is 20.9 Å². The van der Waals surface area contributed by atoms with Crippen molar-refractivity contribution in [1.29, 1.82) is 0 Å². The number of alkyl halides is 3. The second-order valence-electron chi connectivity index (χ2n) is 6.33. The summed E-state index contributed by atoms with van der Waals surface area (Å²) in [5, 5.41) is 13.1. The zero-order valence-corrected chi connectivity index (χ0v) is 14.2. The van der Waals surface area contributed by atoms with Gasteiger partial charge in [0.1, 0.15) is 0 Å². The molecule has 0 aliphatic heterocycles. The number of benzene rings is 3. The maximum Gasteiger partial charge on any atom is 0.417 e. The Hall–Kier alpha value is -3.61. The summed E-state index contributed by atoms with van der Waals surface area (Å²) in [6, 6.07) is 14.4. The van der Waals surface area contributed by atoms with Gasteiger partial charge in [-0.15, -0.1) is 0 Å². The van der Waals surface area contributed by atoms with E-state index < -0.39 is 23.6 Å². The number of fused-ring (bicyclic) bond motifs is 2. The van der Waals surface area contributed by atoms with Crippen LogP contribution in [0.2, 0.25) is 0 Å². The molecule has 0 bridgehead atoms. The van der Waals surface area contributed by atoms with Gasteiger partial charge in [0, 0.05) is 16.5 Å². The van der Waals surface area contributed by atoms with E-state index >= 15 is 0 Å². The molecule has 0 spiro atoms. The Morgan fingerprint density at radius 2 is 1.54 bits per heavy atom. The summed E-state index contributed by atoms with van der Waals surface area (Å²) in [5.41, 5.74) is -0.879. The molecule has 0 fully saturated rings. The number of halogens is 3. The summed E-state index contributed by atoms with van der Waals surface area (Å²) in [4.78, 5) is 23.6. The summed E-state index contributed by atoms with van der Waals surface area (Å²) in [7, 11) is 0. The summed E-state index contributed by atoms with van der Waals surface area (Å²) in [6.45, 7) is 0. The van der Waals surface area contributed by atoms with Gasteiger partial charge in [0.25, 0.3) is 5.91 Å². The van der Waals surface area contributed by atoms with E-state index in [1.165, 1.54) is 30.3 Å². The average molecular weight is 383 g/mol. The van der Waals surface area contributed by atoms with E-state index in [-0.39, 0.29) is 22.0 Å². The second kappa shape index (κ2) is 6.23. The van der Waals surface area contributed by atoms with E-state index in [0.29, 0.717) is 15.7 Å². The number of carbonyl (C=O) groups is 2. The lowest BCUT2D eigenvalue weighted by atomic mass is 9.94. The minimum absolute atomic E-state index is 0.0418. The van der Waals surface area contributed by atoms with Gasteiger partial charge in [-0.25, -0.2) is 4.79 Å². The highest BCUT2D eigenvalue weighted by molar-refractivity contribution is 6.05. The second-order valence-corrected chi connectivity index (χ2v) is 6.33. The van der Waals surface area contributed by atoms with Crippen molar-refractivity contribution in [2.24, 2.45) is 0 Å². The van der Waals surface area contributed by atoms with Crippen molar-refractivity contribution in [2.75, 3.05) is 5.32 Å². The van der Waals surface area contributed by atoms with Crippen LogP contribution in [-0.2, 0) is 6.18 Å². The highest BCUT2D eigenvalue weighted by Crippen LogP contribution is 2.34. The Morgan fingerprint density at radius 3 is 2.21 bits per heavy atom. The first-order chi connectivity index (χ1) is 13.3. The van der Waals surface area contributed by atoms with Crippen LogP contribution in [0.3, 0.4) is 0 Å². The number of hydrogen-bond donors (Lipinski definition) is 2. The van der Waals surface area contributed by atoms with Crippen LogP contribution in [0.1, 0.15) is 26.3 Å². The number of carbonyl (C=O) groups excluding carboxylic acids is 1. The summed E-state index contributed by atoms with van der Waals surface area (Å²) < 4.78 is 40.7. The summed E-state index contributed by atoms with van der Waals surface area (Å²) >= 11 is 0. The molecule has 0 heterocycles. The lowest BCUT2D eigenvalue weighted by molar-refractivity contribution is -0.138. The highest BCUT2D eigenvalue weighted by atomic mass is 19.4. The van der Waals surface area contributed by atoms with Crippen LogP contribution in [0.5, 0.6) is 0 Å². The molecule has 0 aromatic heterocycles. The van der Waals surface area contributed by atoms with Gasteiger partial charge in [0.15, 0.2) is 0 Å². The molecule has 28 heavy (non-hydrogen) atoms. The molecule has 0 unspecified atom stereocenters. The van der Waals surface area contributed by atoms with Gasteiger partial charge >= 0.3 is 12.1 Å². The predicted molar refractivity (Wildman–Crippen MR) is 94.6 cm³/mol. The average Bonchev–Trinajstić information content (AvgIpc) is 2.64. The SMILES string of the molecule is O=C(O)c1cccc(NC(=O)c2cc(C(F)(F)F)c3c(c2)=c2ccccc2=3)c1. The highest BCUT2D eigenvalue weighted by Gasteiger charge is 2.34. The van der Waals surface area contributed by atoms with Crippen LogP contribution < -0.4 is 5.32 Å². The van der Waals surface area contributed by atoms with Gasteiger partial charge in [0.05, 0.1) is 11.1 Å². The predicted octanol–water partition coefficient (Wildman–Crippen LogP) is 4.54. The molecule has 4 rings (SSSR count). The third-order valence-corrected chi connectivity index (χ3v) is 4.56. The molecule has 4 nitrogen and oxygen atoms in total. The van der Waals surface area contributed by atoms with Gasteiger partial charge in [-0.2, -0.15) is 13.2 Å². The maximum atomic E-state index is 13.6. The van der Waals surface area contributed by atoms with E-state index in [4.69, 9.17) is 5.11 Å². The van der Waals surface area contributed by atoms with E-state index in [0.717, 1.165) is 6.07 Å². The molecule has 1 aliphatic rings. The number of carboxylic acids is 1. The van der Waals surface area contributed by atoms with E-state index in [2.05, 4.69) is 5.32 Å². The van der Waals surface area contributed by atoms with Gasteiger partial charge in [-0.3, -0.25) is 4.79 Å². The smallest absolute Gasteiger partial charge is 0.417 e. The van der Waals surface area contributed by atoms with Crippen LogP contribution in [0.25, 0.3) is 0 Å². The molecule has 1 amide bonds. The number of nitrogens with one attached hydrogen (secondary N) is 1. The monoisotopic (exact) mass is 383 g/mol. The van der Waals surface area contributed by atoms with E-state index in [9.17, 15) is 22.8 Å². The van der Waals surface area contributed by atoms with Crippen molar-refractivity contribution >= 4 is 17.6 Å². The Balaban J connectivity index is 1.81. The first-order valence-electron chi connectivity index (χ1n) is 8.25. The molecular formula is C21H12F3NO3. The first kappa shape index (κ1) is 17.8. The Kier molecular flexibility index (Phi) is 3.96. The quantitative estimate of drug-likeness (QED) is 0.546. The fraction of sp³-hybridized carbons (Fsp3) is 0.0476. The van der Waals surface area contributed by atoms with Gasteiger partial charge in [0.2, 0.25) is 0 Å². The number of carboxylic acid groups (broad SMARTS) is 1. The van der Waals surface area contributed by atoms with Crippen molar-refractivity contribution in [3.05, 3.63) is 98.2 Å². The molecule has 0 radical (unpaired) electrons. The molecule has 0 atom stereocenters. The summed E-state index contributed by atoms with van der Waals surface area (Å²) in [6.07, 6.45) is -4.61. The normalized spacial score (nSPS) is 11.8. The first-order valence-corrected chi connectivity index (χ1v) is 8.25. The number of anilines is 1. The molecule has 3 aromatic carbocycles. The zero-order valence-electron chi connectivity index (χ0n) is 14.2. The van der Waals surface area contributed by atoms with Gasteiger partial charge in [-0.05, 0) is 46.0 Å². The maximum absolute atomic E-state index is 13.6. The number of aromatic carboxylic acids is 1. The number of hydrogen-bond acceptors (Lipinski definition) is 2. The molecule has 140 valence electrons. The minimum atomic E-state index is -4.61. The van der Waals surface area contributed by atoms with Crippen molar-refractivity contribution in [1.82, 2.24) is 0 Å². The number of rotatable bonds is 3. The van der Waals surface area contributed by atoms with Crippen LogP contribution in [0.4, 0.5) is 18.9 Å². The van der Waals surface area contributed by atoms with E-state index in [1.54, 1.807) is 24.3 Å². The van der Waals surface area contributed by atoms with Crippen LogP contribution >= 0.6 is 0 Å². The standard InChI is InChI=1S/C21H12F3NO3/c22-21(23,24)17-10-12(9-16-14-6-1-2-7-15(14)18(16)17)19(26)25-13-5-3-4-11(8-13)20(27)28/h1-10H,(H,25,26)(H,27,28). The van der Waals surface area contributed by atoms with Crippen LogP contribution in [0.15, 0.2) is 60.7 Å². The van der Waals surface area contributed by atoms with Crippen molar-refractivity contribution in [3.63, 3.8) is 0 Å². The fourth-order valence-corrected chi connectivity index (χ4v) is 3.31. The van der Waals surface area contributed by atoms with Crippen LogP contribution in [-0.4, -0.2) is 17.0 Å². The Labute approximate surface area is 155 Å². The molecular weight excluding hydrogens is 371 g/mol. The lowest BCUT2D eigenvalue weighted by Crippen LogP contribution is -2.16. The topological polar surface area (TPSA) is 66.4 Å². The fourth-order valence-electron chi connectivity index (χ4n) is 3.31. The molecule has 3 aromatic rings. The molecule has 2 N–H and O–H groups in total. The third-order valence-electron chi connectivity index (χ3n) is 4.56. The van der Waals surface area contributed by atoms with Crippen molar-refractivity contribution in [3.8, 4) is 0 Å². The molecule has 1 aliphatic carbocycles. The van der Waals surface area contributed by atoms with E-state index in [1.807, 2.05) is 0 Å². The van der Waals surface area contributed by atoms with Gasteiger partial charge < -0.3 is 10.4 Å². The minimum Gasteiger partial charge on any atom is -0.478 e. The molecule has 0 saturated carbocycles. The molecule has 0 saturated heterocycles. The Bertz CT molecular complexity index is 1330. The largest absolute Gasteiger partial charge is 0.478 e. The van der Waals surface area contributed by atoms with Crippen molar-refractivity contribution in [2.45, 2.75) is 6.18 Å². The third kappa shape index (κ3) is 2.90. The van der Waals surface area contributed by atoms with Crippen molar-refractivity contribution < 1.29 is 27.9 Å². The van der Waals surface area contributed by atoms with Gasteiger partial charge in [-0.1, -0.05) is 30.3 Å². The zero-order chi connectivity index (χ0) is 20.1.